The quantitative estimate of drug-likeness (QED) is 0.413. The van der Waals surface area contributed by atoms with Gasteiger partial charge in [-0.25, -0.2) is 0 Å². The van der Waals surface area contributed by atoms with Crippen LogP contribution in [-0.2, 0) is 12.8 Å². The van der Waals surface area contributed by atoms with Gasteiger partial charge in [0.2, 0.25) is 0 Å². The van der Waals surface area contributed by atoms with Crippen LogP contribution in [0, 0.1) is 0 Å². The third kappa shape index (κ3) is 4.00. The van der Waals surface area contributed by atoms with Crippen molar-refractivity contribution in [3.63, 3.8) is 0 Å². The maximum Gasteiger partial charge on any atom is 0.416 e. The first-order chi connectivity index (χ1) is 13.9. The lowest BCUT2D eigenvalue weighted by molar-refractivity contribution is -0.137. The molecule has 0 atom stereocenters. The van der Waals surface area contributed by atoms with E-state index in [4.69, 9.17) is 16.3 Å². The molecule has 0 saturated carbocycles. The molecule has 29 heavy (non-hydrogen) atoms. The number of halogens is 4. The molecule has 8 heteroatoms. The Balaban J connectivity index is 1.84. The first-order valence-corrected chi connectivity index (χ1v) is 8.95. The third-order valence-electron chi connectivity index (χ3n) is 4.34. The lowest BCUT2D eigenvalue weighted by Gasteiger charge is -2.15. The smallest absolute Gasteiger partial charge is 0.416 e. The van der Waals surface area contributed by atoms with Crippen LogP contribution in [0.3, 0.4) is 0 Å². The van der Waals surface area contributed by atoms with Gasteiger partial charge in [0.25, 0.3) is 0 Å². The molecule has 0 radical (unpaired) electrons. The summed E-state index contributed by atoms with van der Waals surface area (Å²) in [6.07, 6.45) is -1.40. The fraction of sp³-hybridized carbons (Fsp3) is 0.0952. The Morgan fingerprint density at radius 2 is 1.72 bits per heavy atom. The van der Waals surface area contributed by atoms with Crippen molar-refractivity contribution in [2.45, 2.75) is 12.8 Å². The van der Waals surface area contributed by atoms with Gasteiger partial charge in [-0.15, -0.1) is 10.2 Å². The predicted octanol–water partition coefficient (Wildman–Crippen LogP) is 5.94. The fourth-order valence-electron chi connectivity index (χ4n) is 2.91. The number of benzene rings is 2. The van der Waals surface area contributed by atoms with Gasteiger partial charge < -0.3 is 4.74 Å². The van der Waals surface area contributed by atoms with E-state index in [1.807, 2.05) is 30.3 Å². The standard InChI is InChI=1S/C21H13ClF3N3O/c22-20-15-8-9-26-11-17(15)19(27-28-20)16-7-6-14(21(23,24)25)10-18(16)29-12-13-4-2-1-3-5-13/h1-11H,12H2. The molecule has 0 saturated heterocycles. The van der Waals surface area contributed by atoms with Gasteiger partial charge in [-0.1, -0.05) is 41.9 Å². The molecule has 2 aromatic carbocycles. The van der Waals surface area contributed by atoms with Crippen molar-refractivity contribution < 1.29 is 17.9 Å². The van der Waals surface area contributed by atoms with Gasteiger partial charge in [0, 0.05) is 28.7 Å². The van der Waals surface area contributed by atoms with Crippen LogP contribution in [0.2, 0.25) is 5.15 Å². The van der Waals surface area contributed by atoms with E-state index in [9.17, 15) is 13.2 Å². The van der Waals surface area contributed by atoms with E-state index in [-0.39, 0.29) is 17.5 Å². The van der Waals surface area contributed by atoms with E-state index in [1.54, 1.807) is 18.5 Å². The van der Waals surface area contributed by atoms with E-state index < -0.39 is 11.7 Å². The molecule has 4 rings (SSSR count). The summed E-state index contributed by atoms with van der Waals surface area (Å²) in [7, 11) is 0. The molecule has 0 spiro atoms. The van der Waals surface area contributed by atoms with Crippen LogP contribution in [0.15, 0.2) is 67.0 Å². The number of alkyl halides is 3. The van der Waals surface area contributed by atoms with E-state index in [0.29, 0.717) is 22.0 Å². The Labute approximate surface area is 168 Å². The third-order valence-corrected chi connectivity index (χ3v) is 4.62. The molecule has 146 valence electrons. The van der Waals surface area contributed by atoms with Crippen molar-refractivity contribution in [1.29, 1.82) is 0 Å². The number of ether oxygens (including phenoxy) is 1. The van der Waals surface area contributed by atoms with Gasteiger partial charge in [0.1, 0.15) is 18.1 Å². The Bertz CT molecular complexity index is 1170. The first-order valence-electron chi connectivity index (χ1n) is 8.58. The van der Waals surface area contributed by atoms with Crippen LogP contribution < -0.4 is 4.74 Å². The number of aromatic nitrogens is 3. The summed E-state index contributed by atoms with van der Waals surface area (Å²) in [5, 5.41) is 9.37. The Morgan fingerprint density at radius 3 is 2.48 bits per heavy atom. The number of hydrogen-bond acceptors (Lipinski definition) is 4. The number of fused-ring (bicyclic) bond motifs is 1. The van der Waals surface area contributed by atoms with Crippen LogP contribution in [0.5, 0.6) is 5.75 Å². The number of rotatable bonds is 4. The zero-order valence-electron chi connectivity index (χ0n) is 14.8. The molecule has 0 N–H and O–H groups in total. The highest BCUT2D eigenvalue weighted by Gasteiger charge is 2.31. The second-order valence-corrected chi connectivity index (χ2v) is 6.60. The highest BCUT2D eigenvalue weighted by Crippen LogP contribution is 2.39. The molecule has 0 aliphatic heterocycles. The van der Waals surface area contributed by atoms with Crippen LogP contribution in [0.25, 0.3) is 22.0 Å². The minimum atomic E-state index is -4.50. The van der Waals surface area contributed by atoms with Crippen LogP contribution in [0.1, 0.15) is 11.1 Å². The minimum Gasteiger partial charge on any atom is -0.488 e. The summed E-state index contributed by atoms with van der Waals surface area (Å²) in [5.41, 5.74) is 0.726. The average Bonchev–Trinajstić information content (AvgIpc) is 2.73. The second-order valence-electron chi connectivity index (χ2n) is 6.24. The van der Waals surface area contributed by atoms with Gasteiger partial charge in [0.15, 0.2) is 5.15 Å². The summed E-state index contributed by atoms with van der Waals surface area (Å²) in [5.74, 6) is 0.0467. The van der Waals surface area contributed by atoms with Gasteiger partial charge in [-0.05, 0) is 29.8 Å². The molecule has 0 unspecified atom stereocenters. The molecule has 0 bridgehead atoms. The van der Waals surface area contributed by atoms with E-state index in [2.05, 4.69) is 15.2 Å². The molecule has 0 aliphatic rings. The maximum absolute atomic E-state index is 13.3. The molecular weight excluding hydrogens is 403 g/mol. The summed E-state index contributed by atoms with van der Waals surface area (Å²) < 4.78 is 45.6. The largest absolute Gasteiger partial charge is 0.488 e. The highest BCUT2D eigenvalue weighted by molar-refractivity contribution is 6.34. The Hall–Kier alpha value is -3.19. The van der Waals surface area contributed by atoms with Gasteiger partial charge in [-0.2, -0.15) is 13.2 Å². The highest BCUT2D eigenvalue weighted by atomic mass is 35.5. The molecule has 4 nitrogen and oxygen atoms in total. The van der Waals surface area contributed by atoms with Crippen molar-refractivity contribution in [2.75, 3.05) is 0 Å². The SMILES string of the molecule is FC(F)(F)c1ccc(-c2nnc(Cl)c3ccncc23)c(OCc2ccccc2)c1. The summed E-state index contributed by atoms with van der Waals surface area (Å²) in [6.45, 7) is 0.104. The number of hydrogen-bond donors (Lipinski definition) is 0. The molecule has 2 aromatic heterocycles. The van der Waals surface area contributed by atoms with Crippen molar-refractivity contribution >= 4 is 22.4 Å². The van der Waals surface area contributed by atoms with Crippen molar-refractivity contribution in [3.8, 4) is 17.0 Å². The normalized spacial score (nSPS) is 11.6. The zero-order chi connectivity index (χ0) is 20.4. The predicted molar refractivity (Wildman–Crippen MR) is 104 cm³/mol. The average molecular weight is 416 g/mol. The summed E-state index contributed by atoms with van der Waals surface area (Å²) >= 11 is 6.10. The van der Waals surface area contributed by atoms with E-state index in [1.165, 1.54) is 6.07 Å². The lowest BCUT2D eigenvalue weighted by Crippen LogP contribution is -2.06. The van der Waals surface area contributed by atoms with Crippen LogP contribution >= 0.6 is 11.6 Å². The maximum atomic E-state index is 13.3. The van der Waals surface area contributed by atoms with Gasteiger partial charge in [0.05, 0.1) is 5.56 Å². The number of nitrogens with zero attached hydrogens (tertiary/aromatic N) is 3. The lowest BCUT2D eigenvalue weighted by atomic mass is 10.0. The summed E-state index contributed by atoms with van der Waals surface area (Å²) in [6, 6.07) is 14.1. The molecular formula is C21H13ClF3N3O. The van der Waals surface area contributed by atoms with Gasteiger partial charge in [-0.3, -0.25) is 4.98 Å². The molecule has 4 aromatic rings. The molecule has 0 aliphatic carbocycles. The number of pyridine rings is 1. The van der Waals surface area contributed by atoms with Crippen molar-refractivity contribution in [3.05, 3.63) is 83.3 Å². The molecule has 0 amide bonds. The Morgan fingerprint density at radius 1 is 0.931 bits per heavy atom. The van der Waals surface area contributed by atoms with Gasteiger partial charge >= 0.3 is 6.18 Å². The molecule has 0 fully saturated rings. The Kier molecular flexibility index (Phi) is 5.07. The fourth-order valence-corrected chi connectivity index (χ4v) is 3.12. The zero-order valence-corrected chi connectivity index (χ0v) is 15.6. The summed E-state index contributed by atoms with van der Waals surface area (Å²) in [4.78, 5) is 4.07. The first kappa shape index (κ1) is 19.1. The topological polar surface area (TPSA) is 47.9 Å². The van der Waals surface area contributed by atoms with Crippen LogP contribution in [0.4, 0.5) is 13.2 Å². The molecule has 2 heterocycles. The van der Waals surface area contributed by atoms with E-state index in [0.717, 1.165) is 17.7 Å². The van der Waals surface area contributed by atoms with Crippen molar-refractivity contribution in [1.82, 2.24) is 15.2 Å². The monoisotopic (exact) mass is 415 g/mol. The minimum absolute atomic E-state index is 0.0467. The van der Waals surface area contributed by atoms with Crippen molar-refractivity contribution in [2.24, 2.45) is 0 Å². The van der Waals surface area contributed by atoms with E-state index >= 15 is 0 Å². The second kappa shape index (κ2) is 7.67. The van der Waals surface area contributed by atoms with Crippen LogP contribution in [-0.4, -0.2) is 15.2 Å².